The molecule has 0 radical (unpaired) electrons. The zero-order valence-corrected chi connectivity index (χ0v) is 10.5. The summed E-state index contributed by atoms with van der Waals surface area (Å²) < 4.78 is 7.51. The molecule has 0 aliphatic carbocycles. The van der Waals surface area contributed by atoms with Crippen molar-refractivity contribution in [3.05, 3.63) is 21.9 Å². The number of esters is 1. The second-order valence-corrected chi connectivity index (χ2v) is 4.65. The van der Waals surface area contributed by atoms with Gasteiger partial charge in [0.2, 0.25) is 0 Å². The molecule has 2 rings (SSSR count). The van der Waals surface area contributed by atoms with E-state index < -0.39 is 0 Å². The number of carbonyl (C=O) groups excluding carboxylic acids is 1. The SMILES string of the molecule is COC(=O)CCc1csc2ncc(Br)n12. The highest BCUT2D eigenvalue weighted by Crippen LogP contribution is 2.22. The number of nitrogens with zero attached hydrogens (tertiary/aromatic N) is 2. The van der Waals surface area contributed by atoms with E-state index in [9.17, 15) is 4.79 Å². The lowest BCUT2D eigenvalue weighted by Gasteiger charge is -1.99. The maximum absolute atomic E-state index is 11.0. The predicted octanol–water partition coefficient (Wildman–Crippen LogP) is 2.26. The van der Waals surface area contributed by atoms with E-state index in [4.69, 9.17) is 0 Å². The Balaban J connectivity index is 2.20. The molecular weight excluding hydrogens is 280 g/mol. The molecule has 6 heteroatoms. The van der Waals surface area contributed by atoms with E-state index in [1.807, 2.05) is 9.78 Å². The van der Waals surface area contributed by atoms with Crippen LogP contribution in [0.4, 0.5) is 0 Å². The summed E-state index contributed by atoms with van der Waals surface area (Å²) >= 11 is 4.98. The lowest BCUT2D eigenvalue weighted by molar-refractivity contribution is -0.140. The number of carbonyl (C=O) groups is 1. The molecule has 0 fully saturated rings. The summed E-state index contributed by atoms with van der Waals surface area (Å²) in [5.41, 5.74) is 1.07. The number of rotatable bonds is 3. The Hall–Kier alpha value is -0.880. The van der Waals surface area contributed by atoms with E-state index in [0.717, 1.165) is 15.3 Å². The first-order valence-electron chi connectivity index (χ1n) is 4.38. The highest BCUT2D eigenvalue weighted by molar-refractivity contribution is 9.10. The lowest BCUT2D eigenvalue weighted by atomic mass is 10.2. The normalized spacial score (nSPS) is 10.8. The minimum absolute atomic E-state index is 0.189. The largest absolute Gasteiger partial charge is 0.469 e. The lowest BCUT2D eigenvalue weighted by Crippen LogP contribution is -2.03. The third kappa shape index (κ3) is 2.05. The van der Waals surface area contributed by atoms with E-state index in [1.54, 1.807) is 17.5 Å². The fourth-order valence-electron chi connectivity index (χ4n) is 1.33. The summed E-state index contributed by atoms with van der Waals surface area (Å²) in [7, 11) is 1.40. The van der Waals surface area contributed by atoms with Crippen molar-refractivity contribution < 1.29 is 9.53 Å². The van der Waals surface area contributed by atoms with Gasteiger partial charge in [-0.2, -0.15) is 0 Å². The number of fused-ring (bicyclic) bond motifs is 1. The predicted molar refractivity (Wildman–Crippen MR) is 61.1 cm³/mol. The number of methoxy groups -OCH3 is 1. The molecule has 0 amide bonds. The van der Waals surface area contributed by atoms with Gasteiger partial charge >= 0.3 is 5.97 Å². The highest BCUT2D eigenvalue weighted by Gasteiger charge is 2.09. The van der Waals surface area contributed by atoms with E-state index >= 15 is 0 Å². The van der Waals surface area contributed by atoms with Gasteiger partial charge in [-0.3, -0.25) is 9.20 Å². The van der Waals surface area contributed by atoms with Crippen LogP contribution >= 0.6 is 27.3 Å². The van der Waals surface area contributed by atoms with Crippen LogP contribution in [0.1, 0.15) is 12.1 Å². The minimum Gasteiger partial charge on any atom is -0.469 e. The van der Waals surface area contributed by atoms with Gasteiger partial charge in [0.15, 0.2) is 4.96 Å². The molecular formula is C9H9BrN2O2S. The van der Waals surface area contributed by atoms with Crippen LogP contribution in [-0.2, 0) is 16.0 Å². The Morgan fingerprint density at radius 3 is 3.27 bits per heavy atom. The summed E-state index contributed by atoms with van der Waals surface area (Å²) in [6.07, 6.45) is 2.82. The van der Waals surface area contributed by atoms with Gasteiger partial charge in [0, 0.05) is 11.1 Å². The number of ether oxygens (including phenoxy) is 1. The first-order chi connectivity index (χ1) is 7.22. The zero-order chi connectivity index (χ0) is 10.8. The van der Waals surface area contributed by atoms with Gasteiger partial charge in [0.1, 0.15) is 4.60 Å². The first kappa shape index (κ1) is 10.6. The van der Waals surface area contributed by atoms with Crippen LogP contribution in [0.25, 0.3) is 4.96 Å². The molecule has 4 nitrogen and oxygen atoms in total. The molecule has 0 N–H and O–H groups in total. The smallest absolute Gasteiger partial charge is 0.305 e. The Morgan fingerprint density at radius 2 is 2.53 bits per heavy atom. The van der Waals surface area contributed by atoms with Crippen molar-refractivity contribution in [3.8, 4) is 0 Å². The summed E-state index contributed by atoms with van der Waals surface area (Å²) in [6, 6.07) is 0. The Bertz CT molecular complexity index is 491. The molecule has 0 bridgehead atoms. The van der Waals surface area contributed by atoms with Gasteiger partial charge < -0.3 is 4.74 Å². The van der Waals surface area contributed by atoms with Gasteiger partial charge in [-0.25, -0.2) is 4.98 Å². The number of imidazole rings is 1. The van der Waals surface area contributed by atoms with Crippen molar-refractivity contribution in [2.75, 3.05) is 7.11 Å². The average Bonchev–Trinajstić information content (AvgIpc) is 2.79. The number of thiazole rings is 1. The maximum atomic E-state index is 11.0. The van der Waals surface area contributed by atoms with Crippen LogP contribution in [0, 0.1) is 0 Å². The summed E-state index contributed by atoms with van der Waals surface area (Å²) in [4.78, 5) is 16.1. The van der Waals surface area contributed by atoms with Crippen LogP contribution in [-0.4, -0.2) is 22.5 Å². The van der Waals surface area contributed by atoms with Crippen LogP contribution in [0.2, 0.25) is 0 Å². The summed E-state index contributed by atoms with van der Waals surface area (Å²) in [5, 5.41) is 2.01. The molecule has 0 saturated carbocycles. The third-order valence-corrected chi connectivity index (χ3v) is 3.54. The number of hydrogen-bond donors (Lipinski definition) is 0. The van der Waals surface area contributed by atoms with E-state index in [-0.39, 0.29) is 5.97 Å². The van der Waals surface area contributed by atoms with Crippen molar-refractivity contribution in [1.29, 1.82) is 0 Å². The number of aromatic nitrogens is 2. The fraction of sp³-hybridized carbons (Fsp3) is 0.333. The molecule has 0 aliphatic rings. The van der Waals surface area contributed by atoms with Crippen molar-refractivity contribution in [3.63, 3.8) is 0 Å². The maximum Gasteiger partial charge on any atom is 0.305 e. The van der Waals surface area contributed by atoms with Gasteiger partial charge in [0.25, 0.3) is 0 Å². The minimum atomic E-state index is -0.189. The quantitative estimate of drug-likeness (QED) is 0.814. The van der Waals surface area contributed by atoms with Gasteiger partial charge in [-0.1, -0.05) is 0 Å². The van der Waals surface area contributed by atoms with Crippen LogP contribution in [0.3, 0.4) is 0 Å². The Labute approximate surface area is 99.0 Å². The highest BCUT2D eigenvalue weighted by atomic mass is 79.9. The molecule has 2 aromatic heterocycles. The van der Waals surface area contributed by atoms with Crippen LogP contribution in [0.5, 0.6) is 0 Å². The molecule has 15 heavy (non-hydrogen) atoms. The summed E-state index contributed by atoms with van der Waals surface area (Å²) in [6.45, 7) is 0. The van der Waals surface area contributed by atoms with Crippen molar-refractivity contribution in [2.24, 2.45) is 0 Å². The van der Waals surface area contributed by atoms with E-state index in [2.05, 4.69) is 25.7 Å². The van der Waals surface area contributed by atoms with Crippen molar-refractivity contribution in [2.45, 2.75) is 12.8 Å². The average molecular weight is 289 g/mol. The molecule has 0 saturated heterocycles. The molecule has 0 unspecified atom stereocenters. The molecule has 2 aromatic rings. The van der Waals surface area contributed by atoms with Gasteiger partial charge in [0.05, 0.1) is 19.7 Å². The third-order valence-electron chi connectivity index (χ3n) is 2.09. The fourth-order valence-corrected chi connectivity index (χ4v) is 2.85. The number of aryl methyl sites for hydroxylation is 1. The first-order valence-corrected chi connectivity index (χ1v) is 6.06. The second-order valence-electron chi connectivity index (χ2n) is 3.00. The summed E-state index contributed by atoms with van der Waals surface area (Å²) in [5.74, 6) is -0.189. The molecule has 0 atom stereocenters. The number of hydrogen-bond acceptors (Lipinski definition) is 4. The molecule has 2 heterocycles. The molecule has 0 spiro atoms. The standard InChI is InChI=1S/C9H9BrN2O2S/c1-14-8(13)3-2-6-5-15-9-11-4-7(10)12(6)9/h4-5H,2-3H2,1H3. The molecule has 0 aromatic carbocycles. The molecule has 0 aliphatic heterocycles. The molecule has 80 valence electrons. The van der Waals surface area contributed by atoms with E-state index in [0.29, 0.717) is 12.8 Å². The Kier molecular flexibility index (Phi) is 3.06. The second kappa shape index (κ2) is 4.32. The van der Waals surface area contributed by atoms with Crippen molar-refractivity contribution >= 4 is 38.2 Å². The Morgan fingerprint density at radius 1 is 1.73 bits per heavy atom. The number of halogens is 1. The monoisotopic (exact) mass is 288 g/mol. The van der Waals surface area contributed by atoms with Crippen LogP contribution < -0.4 is 0 Å². The van der Waals surface area contributed by atoms with Crippen LogP contribution in [0.15, 0.2) is 16.2 Å². The van der Waals surface area contributed by atoms with Gasteiger partial charge in [-0.15, -0.1) is 11.3 Å². The topological polar surface area (TPSA) is 43.6 Å². The van der Waals surface area contributed by atoms with E-state index in [1.165, 1.54) is 7.11 Å². The zero-order valence-electron chi connectivity index (χ0n) is 8.07. The van der Waals surface area contributed by atoms with Crippen molar-refractivity contribution in [1.82, 2.24) is 9.38 Å². The van der Waals surface area contributed by atoms with Gasteiger partial charge in [-0.05, 0) is 22.4 Å².